The van der Waals surface area contributed by atoms with E-state index in [1.54, 1.807) is 30.3 Å². The highest BCUT2D eigenvalue weighted by Gasteiger charge is 2.69. The number of carbonyl (C=O) groups excluding carboxylic acids is 2. The molecule has 0 spiro atoms. The van der Waals surface area contributed by atoms with Gasteiger partial charge < -0.3 is 19.9 Å². The molecule has 4 N–H and O–H groups in total. The van der Waals surface area contributed by atoms with Crippen LogP contribution >= 0.6 is 11.6 Å². The predicted octanol–water partition coefficient (Wildman–Crippen LogP) is 2.29. The van der Waals surface area contributed by atoms with E-state index < -0.39 is 41.2 Å². The third-order valence-corrected chi connectivity index (χ3v) is 6.98. The first-order chi connectivity index (χ1) is 16.8. The second-order valence-corrected chi connectivity index (χ2v) is 8.98. The molecule has 2 aromatic carbocycles. The Morgan fingerprint density at radius 1 is 1.20 bits per heavy atom. The minimum Gasteiger partial charge on any atom is -0.504 e. The van der Waals surface area contributed by atoms with Gasteiger partial charge in [0.15, 0.2) is 11.5 Å². The molecule has 2 amide bonds. The lowest BCUT2D eigenvalue weighted by Crippen LogP contribution is -2.57. The van der Waals surface area contributed by atoms with Crippen LogP contribution in [0.25, 0.3) is 0 Å². The number of phenols is 1. The number of aromatic nitrogens is 2. The van der Waals surface area contributed by atoms with E-state index in [-0.39, 0.29) is 29.2 Å². The van der Waals surface area contributed by atoms with Crippen molar-refractivity contribution in [3.8, 4) is 11.5 Å². The third-order valence-electron chi connectivity index (χ3n) is 6.73. The molecule has 0 saturated carbocycles. The molecule has 11 heteroatoms. The van der Waals surface area contributed by atoms with Crippen molar-refractivity contribution in [2.45, 2.75) is 18.0 Å². The molecule has 0 radical (unpaired) electrons. The summed E-state index contributed by atoms with van der Waals surface area (Å²) < 4.78 is 5.21. The number of rotatable bonds is 6. The Hall–Kier alpha value is -3.89. The van der Waals surface area contributed by atoms with Gasteiger partial charge in [-0.3, -0.25) is 19.7 Å². The average molecular weight is 497 g/mol. The highest BCUT2D eigenvalue weighted by Crippen LogP contribution is 2.52. The lowest BCUT2D eigenvalue weighted by atomic mass is 9.77. The maximum Gasteiger partial charge on any atom is 0.325 e. The summed E-state index contributed by atoms with van der Waals surface area (Å²) in [6, 6.07) is 9.91. The van der Waals surface area contributed by atoms with Crippen LogP contribution in [0.3, 0.4) is 0 Å². The Bertz CT molecular complexity index is 1310. The Kier molecular flexibility index (Phi) is 5.49. The van der Waals surface area contributed by atoms with Crippen LogP contribution < -0.4 is 15.0 Å². The fourth-order valence-electron chi connectivity index (χ4n) is 5.19. The van der Waals surface area contributed by atoms with Gasteiger partial charge in [-0.05, 0) is 30.3 Å². The molecule has 5 rings (SSSR count). The number of methoxy groups -OCH3 is 1. The van der Waals surface area contributed by atoms with Gasteiger partial charge in [-0.25, -0.2) is 9.88 Å². The molecule has 10 nitrogen and oxygen atoms in total. The monoisotopic (exact) mass is 496 g/mol. The minimum atomic E-state index is -1.86. The summed E-state index contributed by atoms with van der Waals surface area (Å²) in [5, 5.41) is 24.8. The molecule has 35 heavy (non-hydrogen) atoms. The van der Waals surface area contributed by atoms with Crippen LogP contribution in [0.1, 0.15) is 17.3 Å². The maximum atomic E-state index is 13.8. The van der Waals surface area contributed by atoms with E-state index in [4.69, 9.17) is 16.3 Å². The Balaban J connectivity index is 1.68. The van der Waals surface area contributed by atoms with Crippen LogP contribution in [-0.4, -0.2) is 50.6 Å². The van der Waals surface area contributed by atoms with Crippen LogP contribution in [0, 0.1) is 11.8 Å². The Labute approximate surface area is 204 Å². The van der Waals surface area contributed by atoms with E-state index in [1.807, 2.05) is 0 Å². The summed E-state index contributed by atoms with van der Waals surface area (Å²) >= 11 is 5.98. The number of ether oxygens (including phenoxy) is 1. The molecule has 2 aliphatic heterocycles. The maximum absolute atomic E-state index is 13.8. The number of nitrogens with zero attached hydrogens (tertiary/aromatic N) is 2. The summed E-state index contributed by atoms with van der Waals surface area (Å²) in [7, 11) is 1.38. The number of phenolic OH excluding ortho intramolecular Hbond substituents is 1. The molecule has 4 atom stereocenters. The first-order valence-electron chi connectivity index (χ1n) is 10.8. The van der Waals surface area contributed by atoms with E-state index >= 15 is 0 Å². The van der Waals surface area contributed by atoms with Crippen LogP contribution in [0.2, 0.25) is 5.02 Å². The van der Waals surface area contributed by atoms with Crippen molar-refractivity contribution in [1.29, 1.82) is 0 Å². The lowest BCUT2D eigenvalue weighted by Gasteiger charge is -2.31. The molecule has 3 heterocycles. The van der Waals surface area contributed by atoms with Crippen LogP contribution in [0.5, 0.6) is 11.5 Å². The van der Waals surface area contributed by atoms with Gasteiger partial charge in [0, 0.05) is 34.9 Å². The van der Waals surface area contributed by atoms with Crippen molar-refractivity contribution in [3.05, 3.63) is 71.3 Å². The number of aromatic amines is 1. The largest absolute Gasteiger partial charge is 0.504 e. The van der Waals surface area contributed by atoms with Gasteiger partial charge in [-0.2, -0.15) is 0 Å². The molecule has 2 fully saturated rings. The van der Waals surface area contributed by atoms with Gasteiger partial charge in [0.2, 0.25) is 11.8 Å². The summed E-state index contributed by atoms with van der Waals surface area (Å²) in [6.45, 7) is 0. The third kappa shape index (κ3) is 3.44. The average Bonchev–Trinajstić information content (AvgIpc) is 3.53. The van der Waals surface area contributed by atoms with Crippen LogP contribution in [0.15, 0.2) is 55.0 Å². The number of carboxylic acids is 1. The van der Waals surface area contributed by atoms with Gasteiger partial charge >= 0.3 is 5.97 Å². The predicted molar refractivity (Wildman–Crippen MR) is 124 cm³/mol. The summed E-state index contributed by atoms with van der Waals surface area (Å²) in [5.41, 5.74) is -0.843. The highest BCUT2D eigenvalue weighted by atomic mass is 35.5. The molecule has 1 aromatic heterocycles. The number of H-pyrrole nitrogens is 1. The smallest absolute Gasteiger partial charge is 0.325 e. The van der Waals surface area contributed by atoms with Gasteiger partial charge in [-0.1, -0.05) is 23.7 Å². The van der Waals surface area contributed by atoms with E-state index in [9.17, 15) is 24.6 Å². The number of halogens is 1. The summed E-state index contributed by atoms with van der Waals surface area (Å²) in [5.74, 6) is -4.97. The van der Waals surface area contributed by atoms with Crippen LogP contribution in [-0.2, 0) is 20.8 Å². The molecular weight excluding hydrogens is 476 g/mol. The number of fused-ring (bicyclic) bond motifs is 1. The number of aliphatic carboxylic acids is 1. The Morgan fingerprint density at radius 3 is 2.57 bits per heavy atom. The molecule has 0 unspecified atom stereocenters. The zero-order chi connectivity index (χ0) is 24.9. The van der Waals surface area contributed by atoms with Crippen molar-refractivity contribution < 1.29 is 29.3 Å². The molecule has 2 saturated heterocycles. The van der Waals surface area contributed by atoms with Gasteiger partial charge in [-0.15, -0.1) is 0 Å². The molecular formula is C24H21ClN4O6. The van der Waals surface area contributed by atoms with E-state index in [1.165, 1.54) is 31.8 Å². The van der Waals surface area contributed by atoms with Crippen molar-refractivity contribution in [2.24, 2.45) is 11.8 Å². The molecule has 0 bridgehead atoms. The summed E-state index contributed by atoms with van der Waals surface area (Å²) in [4.78, 5) is 48.2. The number of imide groups is 1. The number of hydrogen-bond acceptors (Lipinski definition) is 7. The number of carbonyl (C=O) groups is 3. The van der Waals surface area contributed by atoms with Crippen molar-refractivity contribution in [3.63, 3.8) is 0 Å². The van der Waals surface area contributed by atoms with E-state index in [0.717, 1.165) is 4.90 Å². The number of benzene rings is 2. The second-order valence-electron chi connectivity index (χ2n) is 8.54. The minimum absolute atomic E-state index is 0.141. The molecule has 3 aromatic rings. The first kappa shape index (κ1) is 22.9. The van der Waals surface area contributed by atoms with Crippen molar-refractivity contribution in [1.82, 2.24) is 15.3 Å². The zero-order valence-corrected chi connectivity index (χ0v) is 19.2. The summed E-state index contributed by atoms with van der Waals surface area (Å²) in [6.07, 6.45) is 2.73. The fourth-order valence-corrected chi connectivity index (χ4v) is 5.31. The van der Waals surface area contributed by atoms with Crippen molar-refractivity contribution >= 4 is 35.1 Å². The van der Waals surface area contributed by atoms with E-state index in [0.29, 0.717) is 10.7 Å². The number of carboxylic acid groups (broad SMARTS) is 1. The van der Waals surface area contributed by atoms with Gasteiger partial charge in [0.1, 0.15) is 5.54 Å². The number of hydrogen-bond donors (Lipinski definition) is 4. The topological polar surface area (TPSA) is 145 Å². The lowest BCUT2D eigenvalue weighted by molar-refractivity contribution is -0.148. The Morgan fingerprint density at radius 2 is 1.94 bits per heavy atom. The number of nitrogens with one attached hydrogen (secondary N) is 2. The van der Waals surface area contributed by atoms with Crippen LogP contribution in [0.4, 0.5) is 5.69 Å². The molecule has 2 aliphatic rings. The van der Waals surface area contributed by atoms with Gasteiger partial charge in [0.05, 0.1) is 31.0 Å². The quantitative estimate of drug-likeness (QED) is 0.380. The number of amides is 2. The zero-order valence-electron chi connectivity index (χ0n) is 18.4. The second kappa shape index (κ2) is 8.40. The van der Waals surface area contributed by atoms with Crippen molar-refractivity contribution in [2.75, 3.05) is 12.0 Å². The fraction of sp³-hybridized carbons (Fsp3) is 0.250. The first-order valence-corrected chi connectivity index (χ1v) is 11.1. The highest BCUT2D eigenvalue weighted by molar-refractivity contribution is 6.31. The SMILES string of the molecule is COc1cccc([C@H]2N[C@](Cc3cnc[nH]3)(C(=O)O)[C@@H]3C(=O)N(c4ccc(Cl)cc4)C(=O)[C@H]23)c1O. The molecule has 0 aliphatic carbocycles. The number of anilines is 1. The van der Waals surface area contributed by atoms with Gasteiger partial charge in [0.25, 0.3) is 0 Å². The normalized spacial score (nSPS) is 25.7. The number of aromatic hydroxyl groups is 1. The number of para-hydroxylation sites is 1. The number of imidazole rings is 1. The van der Waals surface area contributed by atoms with E-state index in [2.05, 4.69) is 15.3 Å². The standard InChI is InChI=1S/C24H21ClN4O6/c1-35-16-4-2-3-15(20(16)30)19-17-18(24(28-19,23(33)34)9-13-10-26-11-27-13)22(32)29(21(17)31)14-7-5-12(25)6-8-14/h2-8,10-11,17-19,28,30H,9H2,1H3,(H,26,27)(H,33,34)/t17-,18-,19+,24-/m0/s1. The molecule has 180 valence electrons.